The summed E-state index contributed by atoms with van der Waals surface area (Å²) in [5, 5.41) is 27.5. The van der Waals surface area contributed by atoms with Crippen LogP contribution in [0.2, 0.25) is 0 Å². The molecule has 0 aliphatic heterocycles. The third-order valence-electron chi connectivity index (χ3n) is 2.51. The van der Waals surface area contributed by atoms with Gasteiger partial charge in [0.15, 0.2) is 0 Å². The van der Waals surface area contributed by atoms with Crippen LogP contribution in [0.25, 0.3) is 0 Å². The molecule has 0 radical (unpaired) electrons. The molecule has 19 heavy (non-hydrogen) atoms. The molecular weight excluding hydrogens is 248 g/mol. The van der Waals surface area contributed by atoms with Crippen molar-refractivity contribution in [3.05, 3.63) is 53.6 Å². The molecule has 2 rings (SSSR count). The Balaban J connectivity index is 2.12. The molecule has 5 nitrogen and oxygen atoms in total. The highest BCUT2D eigenvalue weighted by atomic mass is 16.5. The van der Waals surface area contributed by atoms with E-state index in [-0.39, 0.29) is 23.7 Å². The van der Waals surface area contributed by atoms with E-state index in [1.165, 1.54) is 18.2 Å². The Morgan fingerprint density at radius 3 is 2.58 bits per heavy atom. The van der Waals surface area contributed by atoms with Crippen LogP contribution >= 0.6 is 0 Å². The lowest BCUT2D eigenvalue weighted by Crippen LogP contribution is -1.99. The van der Waals surface area contributed by atoms with E-state index in [2.05, 4.69) is 0 Å². The second-order valence-corrected chi connectivity index (χ2v) is 3.94. The first-order chi connectivity index (χ1) is 9.06. The molecular formula is C14H12O5. The van der Waals surface area contributed by atoms with Gasteiger partial charge >= 0.3 is 5.97 Å². The number of phenolic OH excluding ortho intramolecular Hbond substituents is 1. The number of ether oxygens (including phenoxy) is 1. The van der Waals surface area contributed by atoms with Crippen molar-refractivity contribution in [1.82, 2.24) is 0 Å². The van der Waals surface area contributed by atoms with Crippen molar-refractivity contribution in [3.63, 3.8) is 0 Å². The summed E-state index contributed by atoms with van der Waals surface area (Å²) >= 11 is 0. The zero-order chi connectivity index (χ0) is 13.8. The van der Waals surface area contributed by atoms with Gasteiger partial charge in [-0.3, -0.25) is 0 Å². The van der Waals surface area contributed by atoms with Gasteiger partial charge in [-0.05, 0) is 35.9 Å². The average Bonchev–Trinajstić information content (AvgIpc) is 2.37. The fraction of sp³-hybridized carbons (Fsp3) is 0.0714. The summed E-state index contributed by atoms with van der Waals surface area (Å²) in [7, 11) is 0. The number of carboxylic acid groups (broad SMARTS) is 1. The van der Waals surface area contributed by atoms with Crippen LogP contribution in [-0.2, 0) is 6.61 Å². The summed E-state index contributed by atoms with van der Waals surface area (Å²) in [6.45, 7) is 0.193. The van der Waals surface area contributed by atoms with E-state index < -0.39 is 5.97 Å². The number of hydrogen-bond donors (Lipinski definition) is 3. The number of carboxylic acids is 1. The molecule has 0 spiro atoms. The van der Waals surface area contributed by atoms with Crippen LogP contribution in [0.3, 0.4) is 0 Å². The number of benzene rings is 2. The summed E-state index contributed by atoms with van der Waals surface area (Å²) in [4.78, 5) is 10.8. The van der Waals surface area contributed by atoms with E-state index in [1.807, 2.05) is 0 Å². The molecule has 0 atom stereocenters. The maximum atomic E-state index is 10.8. The molecule has 0 fully saturated rings. The summed E-state index contributed by atoms with van der Waals surface area (Å²) in [5.74, 6) is -1.06. The van der Waals surface area contributed by atoms with Crippen molar-refractivity contribution >= 4 is 5.97 Å². The smallest absolute Gasteiger partial charge is 0.339 e. The van der Waals surface area contributed by atoms with Gasteiger partial charge in [-0.2, -0.15) is 0 Å². The first-order valence-corrected chi connectivity index (χ1v) is 5.53. The van der Waals surface area contributed by atoms with E-state index in [0.717, 1.165) is 5.56 Å². The molecule has 0 aliphatic rings. The van der Waals surface area contributed by atoms with Crippen molar-refractivity contribution in [2.75, 3.05) is 0 Å². The molecule has 98 valence electrons. The standard InChI is InChI=1S/C14H12O5/c15-10-3-1-2-9(6-10)8-19-11-4-5-13(16)12(7-11)14(17)18/h1-7,15-16H,8H2,(H,17,18). The van der Waals surface area contributed by atoms with Gasteiger partial charge < -0.3 is 20.1 Å². The lowest BCUT2D eigenvalue weighted by molar-refractivity contribution is 0.0693. The van der Waals surface area contributed by atoms with Gasteiger partial charge in [0.2, 0.25) is 0 Å². The quantitative estimate of drug-likeness (QED) is 0.785. The van der Waals surface area contributed by atoms with E-state index in [1.54, 1.807) is 24.3 Å². The van der Waals surface area contributed by atoms with Gasteiger partial charge in [0.05, 0.1) is 0 Å². The van der Waals surface area contributed by atoms with E-state index in [4.69, 9.17) is 9.84 Å². The van der Waals surface area contributed by atoms with Crippen molar-refractivity contribution < 1.29 is 24.9 Å². The second kappa shape index (κ2) is 5.30. The highest BCUT2D eigenvalue weighted by Crippen LogP contribution is 2.24. The molecule has 2 aromatic carbocycles. The minimum Gasteiger partial charge on any atom is -0.508 e. The third kappa shape index (κ3) is 3.16. The Bertz CT molecular complexity index is 607. The Morgan fingerprint density at radius 2 is 1.89 bits per heavy atom. The van der Waals surface area contributed by atoms with Crippen LogP contribution in [0.15, 0.2) is 42.5 Å². The summed E-state index contributed by atoms with van der Waals surface area (Å²) in [6.07, 6.45) is 0. The topological polar surface area (TPSA) is 87.0 Å². The molecule has 5 heteroatoms. The molecule has 0 aromatic heterocycles. The molecule has 0 amide bonds. The Labute approximate surface area is 109 Å². The fourth-order valence-corrected chi connectivity index (χ4v) is 1.59. The van der Waals surface area contributed by atoms with Gasteiger partial charge in [0, 0.05) is 0 Å². The third-order valence-corrected chi connectivity index (χ3v) is 2.51. The van der Waals surface area contributed by atoms with Crippen LogP contribution in [0.4, 0.5) is 0 Å². The Kier molecular flexibility index (Phi) is 3.56. The highest BCUT2D eigenvalue weighted by Gasteiger charge is 2.10. The molecule has 0 heterocycles. The number of aromatic hydroxyl groups is 2. The maximum absolute atomic E-state index is 10.8. The largest absolute Gasteiger partial charge is 0.508 e. The zero-order valence-corrected chi connectivity index (χ0v) is 9.91. The first kappa shape index (κ1) is 12.8. The van der Waals surface area contributed by atoms with Crippen LogP contribution in [0.1, 0.15) is 15.9 Å². The SMILES string of the molecule is O=C(O)c1cc(OCc2cccc(O)c2)ccc1O. The molecule has 0 unspecified atom stereocenters. The van der Waals surface area contributed by atoms with Crippen LogP contribution < -0.4 is 4.74 Å². The Hall–Kier alpha value is -2.69. The number of rotatable bonds is 4. The predicted molar refractivity (Wildman–Crippen MR) is 67.5 cm³/mol. The van der Waals surface area contributed by atoms with Gasteiger partial charge in [-0.25, -0.2) is 4.79 Å². The van der Waals surface area contributed by atoms with Crippen LogP contribution in [0.5, 0.6) is 17.2 Å². The minimum atomic E-state index is -1.22. The molecule has 0 bridgehead atoms. The Morgan fingerprint density at radius 1 is 1.11 bits per heavy atom. The normalized spacial score (nSPS) is 10.1. The average molecular weight is 260 g/mol. The van der Waals surface area contributed by atoms with Gasteiger partial charge in [0.1, 0.15) is 29.4 Å². The fourth-order valence-electron chi connectivity index (χ4n) is 1.59. The second-order valence-electron chi connectivity index (χ2n) is 3.94. The number of aromatic carboxylic acids is 1. The van der Waals surface area contributed by atoms with Crippen molar-refractivity contribution in [2.24, 2.45) is 0 Å². The van der Waals surface area contributed by atoms with Crippen LogP contribution in [-0.4, -0.2) is 21.3 Å². The van der Waals surface area contributed by atoms with E-state index >= 15 is 0 Å². The maximum Gasteiger partial charge on any atom is 0.339 e. The summed E-state index contributed by atoms with van der Waals surface area (Å²) in [5.41, 5.74) is 0.540. The lowest BCUT2D eigenvalue weighted by atomic mass is 10.2. The van der Waals surface area contributed by atoms with Crippen molar-refractivity contribution in [2.45, 2.75) is 6.61 Å². The molecule has 2 aromatic rings. The first-order valence-electron chi connectivity index (χ1n) is 5.53. The number of hydrogen-bond acceptors (Lipinski definition) is 4. The van der Waals surface area contributed by atoms with Crippen LogP contribution in [0, 0.1) is 0 Å². The molecule has 0 saturated heterocycles. The van der Waals surface area contributed by atoms with Gasteiger partial charge in [-0.1, -0.05) is 12.1 Å². The molecule has 3 N–H and O–H groups in total. The monoisotopic (exact) mass is 260 g/mol. The minimum absolute atomic E-state index is 0.137. The summed E-state index contributed by atoms with van der Waals surface area (Å²) in [6, 6.07) is 10.6. The van der Waals surface area contributed by atoms with E-state index in [9.17, 15) is 15.0 Å². The van der Waals surface area contributed by atoms with Crippen molar-refractivity contribution in [3.8, 4) is 17.2 Å². The molecule has 0 saturated carbocycles. The van der Waals surface area contributed by atoms with E-state index in [0.29, 0.717) is 5.75 Å². The van der Waals surface area contributed by atoms with Gasteiger partial charge in [-0.15, -0.1) is 0 Å². The zero-order valence-electron chi connectivity index (χ0n) is 9.91. The van der Waals surface area contributed by atoms with Crippen molar-refractivity contribution in [1.29, 1.82) is 0 Å². The molecule has 0 aliphatic carbocycles. The van der Waals surface area contributed by atoms with Gasteiger partial charge in [0.25, 0.3) is 0 Å². The summed E-state index contributed by atoms with van der Waals surface area (Å²) < 4.78 is 5.41. The predicted octanol–water partition coefficient (Wildman–Crippen LogP) is 2.38. The number of phenols is 2. The highest BCUT2D eigenvalue weighted by molar-refractivity contribution is 5.91. The lowest BCUT2D eigenvalue weighted by Gasteiger charge is -2.08. The number of carbonyl (C=O) groups is 1.